The molecule has 0 radical (unpaired) electrons. The van der Waals surface area contributed by atoms with Crippen molar-refractivity contribution in [2.45, 2.75) is 44.3 Å². The van der Waals surface area contributed by atoms with Crippen LogP contribution in [0.4, 0.5) is 0 Å². The molecule has 0 aromatic carbocycles. The van der Waals surface area contributed by atoms with Crippen molar-refractivity contribution < 1.29 is 71.8 Å². The molecule has 19 nitrogen and oxygen atoms in total. The Hall–Kier alpha value is 0.590. The van der Waals surface area contributed by atoms with Crippen molar-refractivity contribution in [1.82, 2.24) is 14.7 Å². The van der Waals surface area contributed by atoms with Gasteiger partial charge in [-0.25, -0.2) is 0 Å². The molecule has 1 aliphatic carbocycles. The van der Waals surface area contributed by atoms with Gasteiger partial charge in [-0.3, -0.25) is 37.5 Å². The van der Waals surface area contributed by atoms with Crippen LogP contribution in [-0.4, -0.2) is 120 Å². The minimum atomic E-state index is -4.98. The number of nitrogens with two attached hydrogens (primary N) is 1. The predicted molar refractivity (Wildman–Crippen MR) is 138 cm³/mol. The summed E-state index contributed by atoms with van der Waals surface area (Å²) in [6.07, 6.45) is -5.06. The number of nitrogens with zero attached hydrogens (tertiary/aromatic N) is 3. The molecule has 0 aromatic heterocycles. The Morgan fingerprint density at radius 2 is 0.923 bits per heavy atom. The summed E-state index contributed by atoms with van der Waals surface area (Å²) in [5.41, 5.74) is 5.92. The third-order valence-electron chi connectivity index (χ3n) is 5.85. The first-order chi connectivity index (χ1) is 17.3. The maximum Gasteiger partial charge on any atom is 0.339 e. The average molecular weight is 670 g/mol. The Labute approximate surface area is 225 Å². The summed E-state index contributed by atoms with van der Waals surface area (Å²) in [6.45, 7) is -1.14. The number of hydrogen-bond donors (Lipinski definition) is 11. The van der Waals surface area contributed by atoms with E-state index in [2.05, 4.69) is 0 Å². The second-order valence-corrected chi connectivity index (χ2v) is 17.9. The lowest BCUT2D eigenvalue weighted by molar-refractivity contribution is 0.0385. The van der Waals surface area contributed by atoms with Crippen LogP contribution in [0.1, 0.15) is 32.1 Å². The van der Waals surface area contributed by atoms with Crippen molar-refractivity contribution in [1.29, 1.82) is 0 Å². The van der Waals surface area contributed by atoms with E-state index in [9.17, 15) is 71.8 Å². The monoisotopic (exact) mass is 670 g/mol. The molecule has 1 fully saturated rings. The van der Waals surface area contributed by atoms with Crippen molar-refractivity contribution in [2.24, 2.45) is 11.7 Å². The van der Waals surface area contributed by atoms with E-state index in [1.165, 1.54) is 0 Å². The quantitative estimate of drug-likeness (QED) is 0.0639. The standard InChI is InChI=1S/C15H39N4O15P5/c16-14-3-1-13(2-4-14)7-15(19(11-38(29,30)31)12-39(32,33)34)18(10-37(26,27)28)6-5-17(8-35(20,21)22)9-36(23,24)25/h13-15H,1-12,16H2,(H2,20,21,22)(H2,23,24,25)(H2,26,27,28)(H2,29,30,31)(H2,32,33,34). The van der Waals surface area contributed by atoms with Crippen molar-refractivity contribution in [2.75, 3.05) is 44.5 Å². The van der Waals surface area contributed by atoms with Gasteiger partial charge in [-0.2, -0.15) is 0 Å². The van der Waals surface area contributed by atoms with Crippen LogP contribution in [0.5, 0.6) is 0 Å². The highest BCUT2D eigenvalue weighted by molar-refractivity contribution is 7.53. The number of hydrogen-bond acceptors (Lipinski definition) is 9. The van der Waals surface area contributed by atoms with E-state index in [1.54, 1.807) is 0 Å². The molecule has 0 aromatic rings. The van der Waals surface area contributed by atoms with Crippen molar-refractivity contribution in [3.8, 4) is 0 Å². The van der Waals surface area contributed by atoms with Gasteiger partial charge in [0.25, 0.3) is 0 Å². The molecule has 1 atom stereocenters. The van der Waals surface area contributed by atoms with E-state index in [0.717, 1.165) is 4.90 Å². The minimum Gasteiger partial charge on any atom is -0.328 e. The zero-order valence-corrected chi connectivity index (χ0v) is 25.4. The summed E-state index contributed by atoms with van der Waals surface area (Å²) in [7, 11) is -24.6. The molecule has 0 aliphatic heterocycles. The fourth-order valence-electron chi connectivity index (χ4n) is 4.49. The van der Waals surface area contributed by atoms with Gasteiger partial charge in [-0.05, 0) is 38.0 Å². The first-order valence-electron chi connectivity index (χ1n) is 11.5. The molecular formula is C15H39N4O15P5. The van der Waals surface area contributed by atoms with Crippen LogP contribution in [0.25, 0.3) is 0 Å². The topological polar surface area (TPSA) is 323 Å². The van der Waals surface area contributed by atoms with Gasteiger partial charge >= 0.3 is 38.0 Å². The predicted octanol–water partition coefficient (Wildman–Crippen LogP) is -1.20. The molecule has 39 heavy (non-hydrogen) atoms. The van der Waals surface area contributed by atoms with Crippen LogP contribution in [0.15, 0.2) is 0 Å². The summed E-state index contributed by atoms with van der Waals surface area (Å²) in [6, 6.07) is -0.110. The first kappa shape index (κ1) is 37.6. The second-order valence-electron chi connectivity index (χ2n) is 9.82. The van der Waals surface area contributed by atoms with E-state index in [0.29, 0.717) is 35.5 Å². The molecule has 1 aliphatic rings. The highest BCUT2D eigenvalue weighted by Gasteiger charge is 2.38. The summed E-state index contributed by atoms with van der Waals surface area (Å²) < 4.78 is 58.8. The minimum absolute atomic E-state index is 0.0658. The Bertz CT molecular complexity index is 965. The SMILES string of the molecule is NC1CCC(CC(N(CCN(CP(=O)(O)O)CP(=O)(O)O)CP(=O)(O)O)N(CP(=O)(O)O)CP(=O)(O)O)CC1. The highest BCUT2D eigenvalue weighted by Crippen LogP contribution is 2.45. The van der Waals surface area contributed by atoms with Gasteiger partial charge in [0.15, 0.2) is 0 Å². The number of rotatable bonds is 17. The van der Waals surface area contributed by atoms with Crippen molar-refractivity contribution in [3.05, 3.63) is 0 Å². The fraction of sp³-hybridized carbons (Fsp3) is 1.00. The summed E-state index contributed by atoms with van der Waals surface area (Å²) in [5, 5.41) is 0. The lowest BCUT2D eigenvalue weighted by Crippen LogP contribution is -2.52. The molecule has 1 saturated carbocycles. The second kappa shape index (κ2) is 14.9. The van der Waals surface area contributed by atoms with E-state index >= 15 is 0 Å². The normalized spacial score (nSPS) is 21.2. The average Bonchev–Trinajstić information content (AvgIpc) is 2.64. The molecule has 234 valence electrons. The summed E-state index contributed by atoms with van der Waals surface area (Å²) in [5.74, 6) is -0.230. The van der Waals surface area contributed by atoms with Crippen LogP contribution in [-0.2, 0) is 22.8 Å². The van der Waals surface area contributed by atoms with Gasteiger partial charge in [0.1, 0.15) is 31.4 Å². The van der Waals surface area contributed by atoms with E-state index in [4.69, 9.17) is 5.73 Å². The molecular weight excluding hydrogens is 631 g/mol. The third kappa shape index (κ3) is 18.7. The fourth-order valence-corrected chi connectivity index (χ4v) is 8.65. The lowest BCUT2D eigenvalue weighted by Gasteiger charge is -2.42. The molecule has 0 heterocycles. The summed E-state index contributed by atoms with van der Waals surface area (Å²) >= 11 is 0. The molecule has 0 bridgehead atoms. The van der Waals surface area contributed by atoms with E-state index < -0.39 is 88.7 Å². The van der Waals surface area contributed by atoms with Gasteiger partial charge in [0.05, 0.1) is 6.17 Å². The maximum absolute atomic E-state index is 12.0. The largest absolute Gasteiger partial charge is 0.339 e. The van der Waals surface area contributed by atoms with Crippen LogP contribution >= 0.6 is 38.0 Å². The van der Waals surface area contributed by atoms with Gasteiger partial charge in [-0.1, -0.05) is 0 Å². The molecule has 24 heteroatoms. The molecule has 0 amide bonds. The molecule has 12 N–H and O–H groups in total. The van der Waals surface area contributed by atoms with E-state index in [-0.39, 0.29) is 18.4 Å². The zero-order chi connectivity index (χ0) is 30.4. The van der Waals surface area contributed by atoms with Gasteiger partial charge in [-0.15, -0.1) is 0 Å². The smallest absolute Gasteiger partial charge is 0.328 e. The van der Waals surface area contributed by atoms with Gasteiger partial charge < -0.3 is 54.7 Å². The molecule has 1 unspecified atom stereocenters. The Kier molecular flexibility index (Phi) is 14.3. The van der Waals surface area contributed by atoms with Crippen LogP contribution in [0.3, 0.4) is 0 Å². The molecule has 1 rings (SSSR count). The van der Waals surface area contributed by atoms with Crippen LogP contribution in [0, 0.1) is 5.92 Å². The first-order valence-corrected chi connectivity index (χ1v) is 20.5. The van der Waals surface area contributed by atoms with Crippen molar-refractivity contribution >= 4 is 38.0 Å². The molecule has 0 spiro atoms. The molecule has 0 saturated heterocycles. The van der Waals surface area contributed by atoms with Gasteiger partial charge in [0.2, 0.25) is 0 Å². The van der Waals surface area contributed by atoms with Crippen LogP contribution < -0.4 is 5.73 Å². The summed E-state index contributed by atoms with van der Waals surface area (Å²) in [4.78, 5) is 97.5. The zero-order valence-electron chi connectivity index (χ0n) is 20.9. The van der Waals surface area contributed by atoms with Gasteiger partial charge in [0, 0.05) is 19.1 Å². The Balaban J connectivity index is 3.49. The van der Waals surface area contributed by atoms with E-state index in [1.807, 2.05) is 0 Å². The van der Waals surface area contributed by atoms with Crippen LogP contribution in [0.2, 0.25) is 0 Å². The third-order valence-corrected chi connectivity index (χ3v) is 9.58. The maximum atomic E-state index is 12.0. The Morgan fingerprint density at radius 1 is 0.564 bits per heavy atom. The highest BCUT2D eigenvalue weighted by atomic mass is 31.2. The van der Waals surface area contributed by atoms with Crippen molar-refractivity contribution in [3.63, 3.8) is 0 Å². The lowest BCUT2D eigenvalue weighted by atomic mass is 9.83. The Morgan fingerprint density at radius 3 is 1.28 bits per heavy atom.